The van der Waals surface area contributed by atoms with Gasteiger partial charge in [-0.2, -0.15) is 14.3 Å². The Labute approximate surface area is 267 Å². The molecule has 1 saturated carbocycles. The zero-order valence-corrected chi connectivity index (χ0v) is 26.5. The smallest absolute Gasteiger partial charge is 0.319 e. The predicted molar refractivity (Wildman–Crippen MR) is 170 cm³/mol. The second-order valence-electron chi connectivity index (χ2n) is 13.6. The number of thiazole rings is 1. The summed E-state index contributed by atoms with van der Waals surface area (Å²) in [6.45, 7) is 3.74. The number of hydrogen-bond acceptors (Lipinski definition) is 11. The van der Waals surface area contributed by atoms with E-state index in [2.05, 4.69) is 20.1 Å². The van der Waals surface area contributed by atoms with Gasteiger partial charge in [0.25, 0.3) is 0 Å². The number of fused-ring (bicyclic) bond motifs is 5. The van der Waals surface area contributed by atoms with E-state index < -0.39 is 17.5 Å². The fourth-order valence-corrected chi connectivity index (χ4v) is 10.4. The van der Waals surface area contributed by atoms with Crippen LogP contribution in [-0.2, 0) is 11.4 Å². The summed E-state index contributed by atoms with van der Waals surface area (Å²) >= 11 is -0.523. The van der Waals surface area contributed by atoms with Crippen LogP contribution in [0.25, 0.3) is 22.0 Å². The molecule has 0 radical (unpaired) electrons. The van der Waals surface area contributed by atoms with Crippen molar-refractivity contribution in [1.82, 2.24) is 29.5 Å². The van der Waals surface area contributed by atoms with Gasteiger partial charge in [-0.25, -0.2) is 13.8 Å². The van der Waals surface area contributed by atoms with Crippen molar-refractivity contribution in [1.29, 1.82) is 0 Å². The molecule has 0 spiro atoms. The SMILES string of the molecule is Nc1nc2c(C3=Cc4nc(OC[C@@]56CCCN5C[C@H](F)C6)nc(N5CC6CCC(C5)N6)c4[S+]([O-])N3CC3CC3)ccc(F)c2s1. The van der Waals surface area contributed by atoms with Gasteiger partial charge in [0.1, 0.15) is 35.7 Å². The summed E-state index contributed by atoms with van der Waals surface area (Å²) in [4.78, 5) is 19.4. The van der Waals surface area contributed by atoms with Gasteiger partial charge < -0.3 is 25.2 Å². The number of ether oxygens (including phenoxy) is 1. The first-order chi connectivity index (χ1) is 21.8. The van der Waals surface area contributed by atoms with Gasteiger partial charge in [-0.3, -0.25) is 4.90 Å². The number of nitrogen functional groups attached to an aromatic ring is 1. The van der Waals surface area contributed by atoms with E-state index in [0.29, 0.717) is 82.0 Å². The highest BCUT2D eigenvalue weighted by Crippen LogP contribution is 2.46. The molecule has 7 heterocycles. The number of benzene rings is 1. The number of alkyl halides is 1. The topological polar surface area (TPSA) is 119 Å². The number of aromatic nitrogens is 3. The second-order valence-corrected chi connectivity index (χ2v) is 15.9. The largest absolute Gasteiger partial charge is 0.588 e. The minimum atomic E-state index is -1.63. The fraction of sp³-hybridized carbons (Fsp3) is 0.581. The standard InChI is InChI=1S/C31H36F2N8O2S2/c32-18-11-31(8-1-9-40(31)13-18)16-43-30-36-23-10-24(21-6-7-22(33)26-25(21)37-29(34)44-26)41(12-17-2-3-17)45(42)27(23)28(38-30)39-14-19-4-5-20(15-39)35-19/h6-7,10,17-20,35H,1-5,8-9,11-16H2,(H2,34,37)/t18-,19?,20?,31+,45?/m1/s1. The van der Waals surface area contributed by atoms with Gasteiger partial charge in [-0.05, 0) is 69.2 Å². The number of halogens is 2. The highest BCUT2D eigenvalue weighted by molar-refractivity contribution is 7.89. The maximum atomic E-state index is 14.8. The maximum absolute atomic E-state index is 14.8. The number of rotatable bonds is 7. The van der Waals surface area contributed by atoms with Crippen LogP contribution in [0.3, 0.4) is 0 Å². The van der Waals surface area contributed by atoms with Crippen molar-refractivity contribution in [2.24, 2.45) is 5.92 Å². The lowest BCUT2D eigenvalue weighted by atomic mass is 9.95. The summed E-state index contributed by atoms with van der Waals surface area (Å²) in [5.41, 5.74) is 8.02. The van der Waals surface area contributed by atoms with Crippen molar-refractivity contribution in [3.05, 3.63) is 29.2 Å². The van der Waals surface area contributed by atoms with E-state index in [1.54, 1.807) is 6.07 Å². The molecule has 6 aliphatic rings. The lowest BCUT2D eigenvalue weighted by Gasteiger charge is -2.37. The van der Waals surface area contributed by atoms with E-state index in [1.807, 2.05) is 10.4 Å². The zero-order chi connectivity index (χ0) is 30.4. The van der Waals surface area contributed by atoms with E-state index in [1.165, 1.54) is 6.07 Å². The molecule has 9 rings (SSSR count). The Morgan fingerprint density at radius 1 is 1.13 bits per heavy atom. The number of nitrogens with zero attached hydrogens (tertiary/aromatic N) is 6. The van der Waals surface area contributed by atoms with E-state index in [0.717, 1.165) is 69.5 Å². The molecule has 45 heavy (non-hydrogen) atoms. The third-order valence-corrected chi connectivity index (χ3v) is 12.8. The summed E-state index contributed by atoms with van der Waals surface area (Å²) < 4.78 is 52.8. The Bertz CT molecular complexity index is 1690. The summed E-state index contributed by atoms with van der Waals surface area (Å²) in [7, 11) is 0. The monoisotopic (exact) mass is 654 g/mol. The molecular formula is C31H36F2N8O2S2. The normalized spacial score (nSPS) is 31.0. The minimum absolute atomic E-state index is 0.212. The Morgan fingerprint density at radius 3 is 2.76 bits per heavy atom. The van der Waals surface area contributed by atoms with Crippen molar-refractivity contribution in [3.63, 3.8) is 0 Å². The molecular weight excluding hydrogens is 619 g/mol. The zero-order valence-electron chi connectivity index (χ0n) is 24.9. The van der Waals surface area contributed by atoms with Gasteiger partial charge >= 0.3 is 6.01 Å². The van der Waals surface area contributed by atoms with E-state index >= 15 is 0 Å². The number of hydrogen-bond donors (Lipinski definition) is 2. The summed E-state index contributed by atoms with van der Waals surface area (Å²) in [5.74, 6) is 0.684. The van der Waals surface area contributed by atoms with Crippen LogP contribution in [0.1, 0.15) is 56.2 Å². The Morgan fingerprint density at radius 2 is 1.96 bits per heavy atom. The lowest BCUT2D eigenvalue weighted by Crippen LogP contribution is -2.52. The van der Waals surface area contributed by atoms with Crippen molar-refractivity contribution in [3.8, 4) is 6.01 Å². The highest BCUT2D eigenvalue weighted by atomic mass is 32.2. The number of anilines is 2. The third-order valence-electron chi connectivity index (χ3n) is 10.4. The van der Waals surface area contributed by atoms with E-state index in [9.17, 15) is 13.3 Å². The van der Waals surface area contributed by atoms with E-state index in [-0.39, 0.29) is 22.5 Å². The van der Waals surface area contributed by atoms with Gasteiger partial charge in [-0.15, -0.1) is 0 Å². The van der Waals surface area contributed by atoms with E-state index in [4.69, 9.17) is 20.4 Å². The average Bonchev–Trinajstić information content (AvgIpc) is 3.28. The van der Waals surface area contributed by atoms with Crippen LogP contribution in [0.5, 0.6) is 6.01 Å². The van der Waals surface area contributed by atoms with Gasteiger partial charge in [0.2, 0.25) is 4.90 Å². The molecule has 10 nitrogen and oxygen atoms in total. The first kappa shape index (κ1) is 28.4. The molecule has 1 aliphatic carbocycles. The van der Waals surface area contributed by atoms with Crippen molar-refractivity contribution >= 4 is 55.6 Å². The van der Waals surface area contributed by atoms with Gasteiger partial charge in [0, 0.05) is 43.7 Å². The Balaban J connectivity index is 1.17. The van der Waals surface area contributed by atoms with Crippen LogP contribution in [0.4, 0.5) is 19.7 Å². The van der Waals surface area contributed by atoms with Crippen LogP contribution >= 0.6 is 11.3 Å². The number of nitrogens with two attached hydrogens (primary N) is 1. The lowest BCUT2D eigenvalue weighted by molar-refractivity contribution is 0.107. The molecule has 4 saturated heterocycles. The molecule has 3 aromatic rings. The maximum Gasteiger partial charge on any atom is 0.319 e. The van der Waals surface area contributed by atoms with Crippen LogP contribution in [0.15, 0.2) is 17.0 Å². The molecule has 5 fully saturated rings. The minimum Gasteiger partial charge on any atom is -0.588 e. The van der Waals surface area contributed by atoms with Crippen molar-refractivity contribution in [2.75, 3.05) is 50.0 Å². The molecule has 1 aromatic carbocycles. The van der Waals surface area contributed by atoms with Crippen LogP contribution in [0.2, 0.25) is 0 Å². The average molecular weight is 655 g/mol. The molecule has 0 amide bonds. The summed E-state index contributed by atoms with van der Waals surface area (Å²) in [6, 6.07) is 4.02. The molecule has 3 unspecified atom stereocenters. The number of piperazine rings is 1. The Hall–Kier alpha value is -2.78. The first-order valence-corrected chi connectivity index (χ1v) is 18.0. The van der Waals surface area contributed by atoms with Crippen molar-refractivity contribution in [2.45, 2.75) is 73.6 Å². The molecule has 5 atom stereocenters. The van der Waals surface area contributed by atoms with Crippen LogP contribution in [-0.4, -0.2) is 91.8 Å². The summed E-state index contributed by atoms with van der Waals surface area (Å²) in [6.07, 6.45) is 7.77. The quantitative estimate of drug-likeness (QED) is 0.363. The highest BCUT2D eigenvalue weighted by Gasteiger charge is 2.50. The van der Waals surface area contributed by atoms with Crippen molar-refractivity contribution < 1.29 is 18.1 Å². The van der Waals surface area contributed by atoms with Crippen LogP contribution < -0.4 is 20.7 Å². The summed E-state index contributed by atoms with van der Waals surface area (Å²) in [5, 5.41) is 3.96. The second kappa shape index (κ2) is 10.6. The van der Waals surface area contributed by atoms with Gasteiger partial charge in [0.05, 0.1) is 28.0 Å². The van der Waals surface area contributed by atoms with Gasteiger partial charge in [-0.1, -0.05) is 11.3 Å². The Kier molecular flexibility index (Phi) is 6.72. The first-order valence-electron chi connectivity index (χ1n) is 16.0. The predicted octanol–water partition coefficient (Wildman–Crippen LogP) is 3.95. The van der Waals surface area contributed by atoms with Gasteiger partial charge in [0.15, 0.2) is 10.9 Å². The molecule has 5 aliphatic heterocycles. The molecule has 14 heteroatoms. The fourth-order valence-electron chi connectivity index (χ4n) is 8.11. The molecule has 2 bridgehead atoms. The number of nitrogens with one attached hydrogen (secondary N) is 1. The molecule has 2 aromatic heterocycles. The third kappa shape index (κ3) is 4.86. The molecule has 238 valence electrons. The van der Waals surface area contributed by atoms with Crippen LogP contribution in [0, 0.1) is 11.7 Å². The molecule has 3 N–H and O–H groups in total.